The van der Waals surface area contributed by atoms with Crippen LogP contribution in [0.3, 0.4) is 0 Å². The van der Waals surface area contributed by atoms with Crippen molar-refractivity contribution >= 4 is 11.5 Å². The summed E-state index contributed by atoms with van der Waals surface area (Å²) in [6.45, 7) is 3.67. The van der Waals surface area contributed by atoms with Crippen molar-refractivity contribution in [1.82, 2.24) is 9.78 Å². The van der Waals surface area contributed by atoms with E-state index in [4.69, 9.17) is 5.73 Å². The van der Waals surface area contributed by atoms with Crippen LogP contribution in [0.25, 0.3) is 5.69 Å². The Morgan fingerprint density at radius 2 is 2.12 bits per heavy atom. The average Bonchev–Trinajstić information content (AvgIpc) is 2.58. The summed E-state index contributed by atoms with van der Waals surface area (Å²) in [6.07, 6.45) is 1.68. The van der Waals surface area contributed by atoms with Gasteiger partial charge in [-0.2, -0.15) is 5.10 Å². The first-order chi connectivity index (χ1) is 7.99. The lowest BCUT2D eigenvalue weighted by atomic mass is 10.2. The summed E-state index contributed by atoms with van der Waals surface area (Å²) in [4.78, 5) is 10.5. The Morgan fingerprint density at radius 1 is 1.41 bits per heavy atom. The van der Waals surface area contributed by atoms with Gasteiger partial charge in [0.05, 0.1) is 4.92 Å². The minimum atomic E-state index is -0.429. The van der Waals surface area contributed by atoms with Crippen molar-refractivity contribution < 1.29 is 4.92 Å². The van der Waals surface area contributed by atoms with Gasteiger partial charge in [0.15, 0.2) is 0 Å². The lowest BCUT2D eigenvalue weighted by Crippen LogP contribution is -2.01. The molecule has 2 N–H and O–H groups in total. The van der Waals surface area contributed by atoms with Gasteiger partial charge in [-0.05, 0) is 25.5 Å². The second-order valence-electron chi connectivity index (χ2n) is 3.89. The van der Waals surface area contributed by atoms with Crippen molar-refractivity contribution in [3.8, 4) is 5.69 Å². The summed E-state index contributed by atoms with van der Waals surface area (Å²) < 4.78 is 1.44. The number of aromatic nitrogens is 2. The van der Waals surface area contributed by atoms with Crippen LogP contribution in [0, 0.1) is 24.0 Å². The lowest BCUT2D eigenvalue weighted by molar-refractivity contribution is -0.384. The highest BCUT2D eigenvalue weighted by atomic mass is 16.6. The Bertz CT molecular complexity index is 570. The second kappa shape index (κ2) is 3.89. The zero-order chi connectivity index (χ0) is 12.6. The van der Waals surface area contributed by atoms with Gasteiger partial charge < -0.3 is 5.73 Å². The summed E-state index contributed by atoms with van der Waals surface area (Å²) in [5.74, 6) is 0.376. The van der Waals surface area contributed by atoms with E-state index in [2.05, 4.69) is 5.10 Å². The molecule has 88 valence electrons. The molecule has 0 saturated carbocycles. The SMILES string of the molecule is Cc1ccc([N+](=O)[O-])c(-n2cc(C)c(N)n2)c1. The molecule has 1 heterocycles. The smallest absolute Gasteiger partial charge is 0.294 e. The molecule has 1 aromatic heterocycles. The Balaban J connectivity index is 2.64. The molecule has 17 heavy (non-hydrogen) atoms. The maximum absolute atomic E-state index is 10.9. The summed E-state index contributed by atoms with van der Waals surface area (Å²) in [6, 6.07) is 4.88. The third-order valence-corrected chi connectivity index (χ3v) is 2.51. The van der Waals surface area contributed by atoms with Gasteiger partial charge in [0, 0.05) is 17.8 Å². The van der Waals surface area contributed by atoms with E-state index in [9.17, 15) is 10.1 Å². The van der Waals surface area contributed by atoms with Crippen LogP contribution in [0.15, 0.2) is 24.4 Å². The van der Waals surface area contributed by atoms with E-state index in [0.29, 0.717) is 11.5 Å². The zero-order valence-corrected chi connectivity index (χ0v) is 9.54. The quantitative estimate of drug-likeness (QED) is 0.633. The van der Waals surface area contributed by atoms with Gasteiger partial charge in [0.2, 0.25) is 0 Å². The minimum absolute atomic E-state index is 0.0121. The Morgan fingerprint density at radius 3 is 2.65 bits per heavy atom. The van der Waals surface area contributed by atoms with Gasteiger partial charge in [-0.3, -0.25) is 10.1 Å². The number of anilines is 1. The fourth-order valence-corrected chi connectivity index (χ4v) is 1.57. The molecule has 6 nitrogen and oxygen atoms in total. The van der Waals surface area contributed by atoms with E-state index >= 15 is 0 Å². The highest BCUT2D eigenvalue weighted by Gasteiger charge is 2.16. The van der Waals surface area contributed by atoms with E-state index < -0.39 is 4.92 Å². The predicted octanol–water partition coefficient (Wildman–Crippen LogP) is 1.98. The van der Waals surface area contributed by atoms with E-state index in [1.807, 2.05) is 6.92 Å². The molecule has 2 rings (SSSR count). The maximum atomic E-state index is 10.9. The van der Waals surface area contributed by atoms with Crippen molar-refractivity contribution in [3.63, 3.8) is 0 Å². The molecule has 1 aromatic carbocycles. The molecule has 6 heteroatoms. The third kappa shape index (κ3) is 1.96. The number of nitrogens with two attached hydrogens (primary N) is 1. The average molecular weight is 232 g/mol. The van der Waals surface area contributed by atoms with Crippen LogP contribution < -0.4 is 5.73 Å². The zero-order valence-electron chi connectivity index (χ0n) is 9.54. The molecule has 0 amide bonds. The topological polar surface area (TPSA) is 87.0 Å². The second-order valence-corrected chi connectivity index (χ2v) is 3.89. The normalized spacial score (nSPS) is 10.5. The van der Waals surface area contributed by atoms with Crippen LogP contribution in [0.1, 0.15) is 11.1 Å². The molecule has 0 unspecified atom stereocenters. The van der Waals surface area contributed by atoms with Crippen LogP contribution >= 0.6 is 0 Å². The molecule has 0 aliphatic carbocycles. The number of nitro benzene ring substituents is 1. The van der Waals surface area contributed by atoms with Crippen LogP contribution in [0.2, 0.25) is 0 Å². The summed E-state index contributed by atoms with van der Waals surface area (Å²) in [5, 5.41) is 15.0. The molecule has 0 atom stereocenters. The number of hydrogen-bond acceptors (Lipinski definition) is 4. The van der Waals surface area contributed by atoms with Gasteiger partial charge in [-0.25, -0.2) is 4.68 Å². The molecular formula is C11H12N4O2. The van der Waals surface area contributed by atoms with Crippen LogP contribution in [-0.4, -0.2) is 14.7 Å². The van der Waals surface area contributed by atoms with Gasteiger partial charge in [-0.1, -0.05) is 6.07 Å². The molecule has 0 saturated heterocycles. The Hall–Kier alpha value is -2.37. The highest BCUT2D eigenvalue weighted by Crippen LogP contribution is 2.24. The lowest BCUT2D eigenvalue weighted by Gasteiger charge is -2.03. The standard InChI is InChI=1S/C11H12N4O2/c1-7-3-4-9(15(16)17)10(5-7)14-6-8(2)11(12)13-14/h3-6H,1-2H3,(H2,12,13). The molecule has 0 spiro atoms. The number of benzene rings is 1. The molecular weight excluding hydrogens is 220 g/mol. The van der Waals surface area contributed by atoms with Gasteiger partial charge in [-0.15, -0.1) is 0 Å². The Kier molecular flexibility index (Phi) is 2.55. The number of aryl methyl sites for hydroxylation is 2. The molecule has 0 bridgehead atoms. The predicted molar refractivity (Wildman–Crippen MR) is 64.1 cm³/mol. The van der Waals surface area contributed by atoms with Gasteiger partial charge >= 0.3 is 0 Å². The molecule has 0 aliphatic rings. The number of hydrogen-bond donors (Lipinski definition) is 1. The van der Waals surface area contributed by atoms with Crippen LogP contribution in [0.5, 0.6) is 0 Å². The molecule has 0 fully saturated rings. The van der Waals surface area contributed by atoms with Crippen molar-refractivity contribution in [2.75, 3.05) is 5.73 Å². The number of rotatable bonds is 2. The highest BCUT2D eigenvalue weighted by molar-refractivity contribution is 5.55. The molecule has 0 aliphatic heterocycles. The number of nitro groups is 1. The first-order valence-electron chi connectivity index (χ1n) is 5.06. The van der Waals surface area contributed by atoms with Gasteiger partial charge in [0.25, 0.3) is 5.69 Å². The van der Waals surface area contributed by atoms with E-state index in [-0.39, 0.29) is 5.69 Å². The van der Waals surface area contributed by atoms with E-state index in [1.165, 1.54) is 10.7 Å². The van der Waals surface area contributed by atoms with Crippen LogP contribution in [-0.2, 0) is 0 Å². The molecule has 2 aromatic rings. The van der Waals surface area contributed by atoms with Crippen molar-refractivity contribution in [2.45, 2.75) is 13.8 Å². The summed E-state index contributed by atoms with van der Waals surface area (Å²) in [7, 11) is 0. The fourth-order valence-electron chi connectivity index (χ4n) is 1.57. The first kappa shape index (κ1) is 11.1. The minimum Gasteiger partial charge on any atom is -0.382 e. The fraction of sp³-hybridized carbons (Fsp3) is 0.182. The maximum Gasteiger partial charge on any atom is 0.294 e. The molecule has 0 radical (unpaired) electrons. The Labute approximate surface area is 97.8 Å². The van der Waals surface area contributed by atoms with E-state index in [0.717, 1.165) is 11.1 Å². The number of nitrogens with zero attached hydrogens (tertiary/aromatic N) is 3. The largest absolute Gasteiger partial charge is 0.382 e. The van der Waals surface area contributed by atoms with Crippen molar-refractivity contribution in [2.24, 2.45) is 0 Å². The van der Waals surface area contributed by atoms with Gasteiger partial charge in [0.1, 0.15) is 11.5 Å². The third-order valence-electron chi connectivity index (χ3n) is 2.51. The monoisotopic (exact) mass is 232 g/mol. The number of nitrogen functional groups attached to an aromatic ring is 1. The van der Waals surface area contributed by atoms with Crippen LogP contribution in [0.4, 0.5) is 11.5 Å². The van der Waals surface area contributed by atoms with Crippen molar-refractivity contribution in [1.29, 1.82) is 0 Å². The van der Waals surface area contributed by atoms with Crippen molar-refractivity contribution in [3.05, 3.63) is 45.6 Å². The first-order valence-corrected chi connectivity index (χ1v) is 5.06. The summed E-state index contributed by atoms with van der Waals surface area (Å²) >= 11 is 0. The summed E-state index contributed by atoms with van der Waals surface area (Å²) in [5.41, 5.74) is 7.80. The van der Waals surface area contributed by atoms with E-state index in [1.54, 1.807) is 25.3 Å².